The van der Waals surface area contributed by atoms with Gasteiger partial charge in [-0.2, -0.15) is 0 Å². The Morgan fingerprint density at radius 3 is 2.26 bits per heavy atom. The minimum atomic E-state index is 0.596. The van der Waals surface area contributed by atoms with E-state index in [1.165, 1.54) is 16.1 Å². The van der Waals surface area contributed by atoms with E-state index >= 15 is 0 Å². The molecule has 0 saturated carbocycles. The lowest BCUT2D eigenvalue weighted by Gasteiger charge is -2.18. The van der Waals surface area contributed by atoms with Crippen LogP contribution in [0.3, 0.4) is 0 Å². The van der Waals surface area contributed by atoms with E-state index in [9.17, 15) is 0 Å². The Kier molecular flexibility index (Phi) is 4.25. The molecule has 0 fully saturated rings. The second kappa shape index (κ2) is 5.74. The summed E-state index contributed by atoms with van der Waals surface area (Å²) in [4.78, 5) is 6.77. The zero-order chi connectivity index (χ0) is 14.0. The van der Waals surface area contributed by atoms with Gasteiger partial charge < -0.3 is 4.90 Å². The van der Waals surface area contributed by atoms with E-state index < -0.39 is 0 Å². The van der Waals surface area contributed by atoms with Crippen LogP contribution in [0.2, 0.25) is 0 Å². The van der Waals surface area contributed by atoms with Crippen LogP contribution in [0, 0.1) is 13.8 Å². The SMILES string of the molecule is Cc1nc(C)c(N(C)Cc2ccc(C(C)C)cc2)s1. The molecule has 3 heteroatoms. The van der Waals surface area contributed by atoms with Gasteiger partial charge in [0.25, 0.3) is 0 Å². The second-order valence-electron chi connectivity index (χ2n) is 5.38. The topological polar surface area (TPSA) is 16.1 Å². The van der Waals surface area contributed by atoms with Crippen molar-refractivity contribution in [3.05, 3.63) is 46.1 Å². The molecular formula is C16H22N2S. The number of anilines is 1. The van der Waals surface area contributed by atoms with Crippen molar-refractivity contribution in [3.8, 4) is 0 Å². The van der Waals surface area contributed by atoms with E-state index in [0.29, 0.717) is 5.92 Å². The van der Waals surface area contributed by atoms with Crippen LogP contribution in [0.25, 0.3) is 0 Å². The van der Waals surface area contributed by atoms with Crippen LogP contribution >= 0.6 is 11.3 Å². The Balaban J connectivity index is 2.10. The van der Waals surface area contributed by atoms with Crippen molar-refractivity contribution in [1.29, 1.82) is 0 Å². The summed E-state index contributed by atoms with van der Waals surface area (Å²) in [6.45, 7) is 9.53. The molecule has 2 rings (SSSR count). The lowest BCUT2D eigenvalue weighted by Crippen LogP contribution is -2.16. The van der Waals surface area contributed by atoms with Crippen LogP contribution in [0.5, 0.6) is 0 Å². The zero-order valence-electron chi connectivity index (χ0n) is 12.4. The molecule has 102 valence electrons. The minimum Gasteiger partial charge on any atom is -0.361 e. The molecule has 0 spiro atoms. The van der Waals surface area contributed by atoms with Crippen molar-refractivity contribution in [3.63, 3.8) is 0 Å². The molecule has 0 unspecified atom stereocenters. The van der Waals surface area contributed by atoms with Gasteiger partial charge in [-0.3, -0.25) is 0 Å². The Labute approximate surface area is 120 Å². The molecule has 0 aliphatic carbocycles. The highest BCUT2D eigenvalue weighted by atomic mass is 32.1. The van der Waals surface area contributed by atoms with Crippen LogP contribution in [0.15, 0.2) is 24.3 Å². The molecule has 0 bridgehead atoms. The van der Waals surface area contributed by atoms with E-state index in [4.69, 9.17) is 0 Å². The van der Waals surface area contributed by atoms with Gasteiger partial charge in [0.2, 0.25) is 0 Å². The molecule has 1 heterocycles. The summed E-state index contributed by atoms with van der Waals surface area (Å²) in [6.07, 6.45) is 0. The summed E-state index contributed by atoms with van der Waals surface area (Å²) in [5, 5.41) is 2.40. The zero-order valence-corrected chi connectivity index (χ0v) is 13.2. The number of thiazole rings is 1. The van der Waals surface area contributed by atoms with Crippen LogP contribution in [-0.4, -0.2) is 12.0 Å². The van der Waals surface area contributed by atoms with Gasteiger partial charge in [0, 0.05) is 13.6 Å². The van der Waals surface area contributed by atoms with Crippen LogP contribution in [-0.2, 0) is 6.54 Å². The number of hydrogen-bond donors (Lipinski definition) is 0. The molecule has 19 heavy (non-hydrogen) atoms. The van der Waals surface area contributed by atoms with E-state index in [2.05, 4.69) is 68.9 Å². The normalized spacial score (nSPS) is 11.1. The van der Waals surface area contributed by atoms with Crippen molar-refractivity contribution in [1.82, 2.24) is 4.98 Å². The van der Waals surface area contributed by atoms with Gasteiger partial charge in [0.15, 0.2) is 0 Å². The predicted octanol–water partition coefficient (Wildman–Crippen LogP) is 4.52. The molecule has 0 saturated heterocycles. The smallest absolute Gasteiger partial charge is 0.114 e. The van der Waals surface area contributed by atoms with Crippen LogP contribution in [0.4, 0.5) is 5.00 Å². The fourth-order valence-electron chi connectivity index (χ4n) is 2.23. The number of nitrogens with zero attached hydrogens (tertiary/aromatic N) is 2. The molecule has 0 aliphatic rings. The average Bonchev–Trinajstić information content (AvgIpc) is 2.69. The highest BCUT2D eigenvalue weighted by molar-refractivity contribution is 7.15. The first-order chi connectivity index (χ1) is 8.97. The molecule has 1 aromatic heterocycles. The highest BCUT2D eigenvalue weighted by Crippen LogP contribution is 2.28. The maximum Gasteiger partial charge on any atom is 0.114 e. The predicted molar refractivity (Wildman–Crippen MR) is 84.2 cm³/mol. The third kappa shape index (κ3) is 3.35. The van der Waals surface area contributed by atoms with Crippen molar-refractivity contribution < 1.29 is 0 Å². The quantitative estimate of drug-likeness (QED) is 0.815. The maximum absolute atomic E-state index is 4.49. The third-order valence-electron chi connectivity index (χ3n) is 3.29. The lowest BCUT2D eigenvalue weighted by molar-refractivity contribution is 0.861. The Morgan fingerprint density at radius 2 is 1.79 bits per heavy atom. The number of benzene rings is 1. The first-order valence-electron chi connectivity index (χ1n) is 6.71. The lowest BCUT2D eigenvalue weighted by atomic mass is 10.0. The molecule has 2 aromatic rings. The molecular weight excluding hydrogens is 252 g/mol. The summed E-state index contributed by atoms with van der Waals surface area (Å²) in [7, 11) is 2.14. The molecule has 0 radical (unpaired) electrons. The van der Waals surface area contributed by atoms with Crippen LogP contribution in [0.1, 0.15) is 41.6 Å². The van der Waals surface area contributed by atoms with Gasteiger partial charge in [-0.25, -0.2) is 4.98 Å². The Hall–Kier alpha value is -1.35. The summed E-state index contributed by atoms with van der Waals surface area (Å²) in [5.74, 6) is 0.596. The molecule has 1 aromatic carbocycles. The van der Waals surface area contributed by atoms with Crippen molar-refractivity contribution in [2.75, 3.05) is 11.9 Å². The Morgan fingerprint density at radius 1 is 1.16 bits per heavy atom. The first kappa shape index (κ1) is 14.1. The minimum absolute atomic E-state index is 0.596. The first-order valence-corrected chi connectivity index (χ1v) is 7.53. The van der Waals surface area contributed by atoms with Crippen molar-refractivity contribution in [2.24, 2.45) is 0 Å². The third-order valence-corrected chi connectivity index (χ3v) is 4.48. The van der Waals surface area contributed by atoms with Gasteiger partial charge in [-0.1, -0.05) is 38.1 Å². The summed E-state index contributed by atoms with van der Waals surface area (Å²) in [5.41, 5.74) is 3.87. The highest BCUT2D eigenvalue weighted by Gasteiger charge is 2.10. The fourth-order valence-corrected chi connectivity index (χ4v) is 3.10. The van der Waals surface area contributed by atoms with E-state index in [-0.39, 0.29) is 0 Å². The molecule has 2 nitrogen and oxygen atoms in total. The van der Waals surface area contributed by atoms with Gasteiger partial charge >= 0.3 is 0 Å². The standard InChI is InChI=1S/C16H22N2S/c1-11(2)15-8-6-14(7-9-15)10-18(5)16-12(3)17-13(4)19-16/h6-9,11H,10H2,1-5H3. The van der Waals surface area contributed by atoms with Gasteiger partial charge in [-0.15, -0.1) is 11.3 Å². The van der Waals surface area contributed by atoms with Crippen LogP contribution < -0.4 is 4.90 Å². The summed E-state index contributed by atoms with van der Waals surface area (Å²) in [6, 6.07) is 8.93. The second-order valence-corrected chi connectivity index (χ2v) is 6.56. The number of aryl methyl sites for hydroxylation is 2. The largest absolute Gasteiger partial charge is 0.361 e. The number of rotatable bonds is 4. The van der Waals surface area contributed by atoms with E-state index in [0.717, 1.165) is 17.2 Å². The van der Waals surface area contributed by atoms with E-state index in [1.54, 1.807) is 11.3 Å². The van der Waals surface area contributed by atoms with Crippen molar-refractivity contribution >= 4 is 16.3 Å². The number of hydrogen-bond acceptors (Lipinski definition) is 3. The molecule has 0 aliphatic heterocycles. The maximum atomic E-state index is 4.49. The van der Waals surface area contributed by atoms with Crippen molar-refractivity contribution in [2.45, 2.75) is 40.2 Å². The summed E-state index contributed by atoms with van der Waals surface area (Å²) >= 11 is 1.76. The number of aromatic nitrogens is 1. The molecule has 0 N–H and O–H groups in total. The van der Waals surface area contributed by atoms with Gasteiger partial charge in [0.05, 0.1) is 10.7 Å². The van der Waals surface area contributed by atoms with Gasteiger partial charge in [0.1, 0.15) is 5.00 Å². The summed E-state index contributed by atoms with van der Waals surface area (Å²) < 4.78 is 0. The fraction of sp³-hybridized carbons (Fsp3) is 0.438. The average molecular weight is 274 g/mol. The Bertz CT molecular complexity index is 540. The monoisotopic (exact) mass is 274 g/mol. The molecule has 0 amide bonds. The van der Waals surface area contributed by atoms with Gasteiger partial charge in [-0.05, 0) is 30.9 Å². The molecule has 0 atom stereocenters. The van der Waals surface area contributed by atoms with E-state index in [1.807, 2.05) is 0 Å².